The van der Waals surface area contributed by atoms with E-state index in [9.17, 15) is 4.79 Å². The molecule has 0 aliphatic carbocycles. The van der Waals surface area contributed by atoms with Crippen LogP contribution in [0.5, 0.6) is 0 Å². The quantitative estimate of drug-likeness (QED) is 0.827. The van der Waals surface area contributed by atoms with E-state index < -0.39 is 0 Å². The summed E-state index contributed by atoms with van der Waals surface area (Å²) in [4.78, 5) is 12.0. The summed E-state index contributed by atoms with van der Waals surface area (Å²) in [5, 5.41) is 11.8. The van der Waals surface area contributed by atoms with Gasteiger partial charge < -0.3 is 5.32 Å². The van der Waals surface area contributed by atoms with Gasteiger partial charge in [-0.1, -0.05) is 11.6 Å². The topological polar surface area (TPSA) is 64.7 Å². The molecule has 1 amide bonds. The number of carbonyl (C=O) groups excluding carboxylic acids is 1. The van der Waals surface area contributed by atoms with Crippen LogP contribution in [0.15, 0.2) is 24.7 Å². The third-order valence-electron chi connectivity index (χ3n) is 3.06. The van der Waals surface area contributed by atoms with E-state index in [4.69, 9.17) is 11.6 Å². The smallest absolute Gasteiger partial charge is 0.244 e. The highest BCUT2D eigenvalue weighted by atomic mass is 35.5. The summed E-state index contributed by atoms with van der Waals surface area (Å²) in [6.45, 7) is 5.00. The standard InChI is InChI=1S/C13H18ClN5O/c1-10-12(14)9-19(17-10)11(2)13(20)15-5-3-7-18-8-4-6-16-18/h4,6,8-9,11H,3,5,7H2,1-2H3,(H,15,20). The predicted octanol–water partition coefficient (Wildman–Crippen LogP) is 1.81. The number of aromatic nitrogens is 4. The number of hydrogen-bond donors (Lipinski definition) is 1. The lowest BCUT2D eigenvalue weighted by molar-refractivity contribution is -0.124. The van der Waals surface area contributed by atoms with Crippen molar-refractivity contribution in [2.75, 3.05) is 6.54 Å². The van der Waals surface area contributed by atoms with Crippen molar-refractivity contribution in [2.45, 2.75) is 32.9 Å². The number of halogens is 1. The molecule has 2 heterocycles. The summed E-state index contributed by atoms with van der Waals surface area (Å²) in [5.41, 5.74) is 0.727. The second-order valence-corrected chi connectivity index (χ2v) is 5.04. The monoisotopic (exact) mass is 295 g/mol. The number of rotatable bonds is 6. The third-order valence-corrected chi connectivity index (χ3v) is 3.43. The average molecular weight is 296 g/mol. The SMILES string of the molecule is Cc1nn(C(C)C(=O)NCCCn2cccn2)cc1Cl. The van der Waals surface area contributed by atoms with Gasteiger partial charge in [0.2, 0.25) is 5.91 Å². The van der Waals surface area contributed by atoms with Gasteiger partial charge in [-0.3, -0.25) is 14.2 Å². The van der Waals surface area contributed by atoms with Gasteiger partial charge in [-0.2, -0.15) is 10.2 Å². The maximum absolute atomic E-state index is 12.0. The Bertz CT molecular complexity index is 544. The zero-order valence-electron chi connectivity index (χ0n) is 11.6. The van der Waals surface area contributed by atoms with Crippen molar-refractivity contribution in [1.29, 1.82) is 0 Å². The van der Waals surface area contributed by atoms with Gasteiger partial charge in [-0.05, 0) is 26.3 Å². The van der Waals surface area contributed by atoms with Gasteiger partial charge in [0.1, 0.15) is 6.04 Å². The third kappa shape index (κ3) is 3.60. The molecule has 1 atom stereocenters. The van der Waals surface area contributed by atoms with E-state index in [1.807, 2.05) is 23.9 Å². The second kappa shape index (κ2) is 6.56. The lowest BCUT2D eigenvalue weighted by atomic mass is 10.3. The summed E-state index contributed by atoms with van der Waals surface area (Å²) in [7, 11) is 0. The minimum Gasteiger partial charge on any atom is -0.354 e. The molecule has 6 nitrogen and oxygen atoms in total. The number of nitrogens with one attached hydrogen (secondary N) is 1. The highest BCUT2D eigenvalue weighted by Crippen LogP contribution is 2.15. The minimum absolute atomic E-state index is 0.0652. The van der Waals surface area contributed by atoms with Crippen LogP contribution in [0.3, 0.4) is 0 Å². The molecule has 0 fully saturated rings. The van der Waals surface area contributed by atoms with Crippen molar-refractivity contribution in [3.8, 4) is 0 Å². The Kier molecular flexibility index (Phi) is 4.79. The van der Waals surface area contributed by atoms with Gasteiger partial charge in [0.25, 0.3) is 0 Å². The molecule has 0 saturated heterocycles. The number of aryl methyl sites for hydroxylation is 2. The molecular formula is C13H18ClN5O. The van der Waals surface area contributed by atoms with Crippen LogP contribution in [0.2, 0.25) is 5.02 Å². The van der Waals surface area contributed by atoms with Gasteiger partial charge in [-0.15, -0.1) is 0 Å². The fourth-order valence-electron chi connectivity index (χ4n) is 1.81. The summed E-state index contributed by atoms with van der Waals surface area (Å²) < 4.78 is 3.42. The lowest BCUT2D eigenvalue weighted by Gasteiger charge is -2.12. The largest absolute Gasteiger partial charge is 0.354 e. The fourth-order valence-corrected chi connectivity index (χ4v) is 1.95. The number of amides is 1. The van der Waals surface area contributed by atoms with Crippen LogP contribution in [-0.2, 0) is 11.3 Å². The van der Waals surface area contributed by atoms with Crippen molar-refractivity contribution < 1.29 is 4.79 Å². The van der Waals surface area contributed by atoms with E-state index in [0.29, 0.717) is 11.6 Å². The molecule has 7 heteroatoms. The molecule has 0 aromatic carbocycles. The first-order chi connectivity index (χ1) is 9.58. The van der Waals surface area contributed by atoms with E-state index in [1.165, 1.54) is 0 Å². The zero-order valence-corrected chi connectivity index (χ0v) is 12.3. The van der Waals surface area contributed by atoms with Crippen molar-refractivity contribution in [3.05, 3.63) is 35.4 Å². The van der Waals surface area contributed by atoms with E-state index in [2.05, 4.69) is 15.5 Å². The molecule has 2 rings (SSSR count). The maximum atomic E-state index is 12.0. The van der Waals surface area contributed by atoms with Gasteiger partial charge in [0.15, 0.2) is 0 Å². The normalized spacial score (nSPS) is 12.3. The Morgan fingerprint density at radius 1 is 1.55 bits per heavy atom. The maximum Gasteiger partial charge on any atom is 0.244 e. The Morgan fingerprint density at radius 3 is 2.95 bits per heavy atom. The first-order valence-electron chi connectivity index (χ1n) is 6.54. The van der Waals surface area contributed by atoms with Crippen LogP contribution < -0.4 is 5.32 Å². The molecule has 0 aliphatic heterocycles. The molecule has 1 N–H and O–H groups in total. The molecule has 0 saturated carbocycles. The highest BCUT2D eigenvalue weighted by molar-refractivity contribution is 6.31. The Balaban J connectivity index is 1.76. The molecule has 2 aromatic heterocycles. The molecule has 1 unspecified atom stereocenters. The van der Waals surface area contributed by atoms with Crippen LogP contribution in [0.4, 0.5) is 0 Å². The van der Waals surface area contributed by atoms with Gasteiger partial charge in [0, 0.05) is 31.7 Å². The van der Waals surface area contributed by atoms with E-state index in [1.54, 1.807) is 24.0 Å². The van der Waals surface area contributed by atoms with Gasteiger partial charge in [-0.25, -0.2) is 0 Å². The molecule has 0 radical (unpaired) electrons. The van der Waals surface area contributed by atoms with E-state index in [-0.39, 0.29) is 11.9 Å². The van der Waals surface area contributed by atoms with Crippen LogP contribution >= 0.6 is 11.6 Å². The van der Waals surface area contributed by atoms with Crippen molar-refractivity contribution >= 4 is 17.5 Å². The Hall–Kier alpha value is -1.82. The van der Waals surface area contributed by atoms with Crippen LogP contribution in [0, 0.1) is 6.92 Å². The lowest BCUT2D eigenvalue weighted by Crippen LogP contribution is -2.32. The number of carbonyl (C=O) groups is 1. The first-order valence-corrected chi connectivity index (χ1v) is 6.92. The van der Waals surface area contributed by atoms with Crippen LogP contribution in [0.1, 0.15) is 25.1 Å². The summed E-state index contributed by atoms with van der Waals surface area (Å²) >= 11 is 5.94. The molecular weight excluding hydrogens is 278 g/mol. The molecule has 0 aliphatic rings. The van der Waals surface area contributed by atoms with Gasteiger partial charge >= 0.3 is 0 Å². The van der Waals surface area contributed by atoms with Gasteiger partial charge in [0.05, 0.1) is 10.7 Å². The molecule has 2 aromatic rings. The zero-order chi connectivity index (χ0) is 14.5. The molecule has 20 heavy (non-hydrogen) atoms. The summed E-state index contributed by atoms with van der Waals surface area (Å²) in [6, 6.07) is 1.51. The second-order valence-electron chi connectivity index (χ2n) is 4.63. The van der Waals surface area contributed by atoms with Crippen LogP contribution in [-0.4, -0.2) is 32.0 Å². The summed E-state index contributed by atoms with van der Waals surface area (Å²) in [6.07, 6.45) is 6.15. The van der Waals surface area contributed by atoms with Crippen molar-refractivity contribution in [3.63, 3.8) is 0 Å². The average Bonchev–Trinajstić information content (AvgIpc) is 3.04. The van der Waals surface area contributed by atoms with Crippen LogP contribution in [0.25, 0.3) is 0 Å². The number of hydrogen-bond acceptors (Lipinski definition) is 3. The van der Waals surface area contributed by atoms with Crippen molar-refractivity contribution in [2.24, 2.45) is 0 Å². The molecule has 0 spiro atoms. The Labute approximate surface area is 122 Å². The Morgan fingerprint density at radius 2 is 2.35 bits per heavy atom. The minimum atomic E-state index is -0.370. The molecule has 0 bridgehead atoms. The van der Waals surface area contributed by atoms with E-state index in [0.717, 1.165) is 18.7 Å². The molecule has 108 valence electrons. The van der Waals surface area contributed by atoms with E-state index >= 15 is 0 Å². The predicted molar refractivity (Wildman–Crippen MR) is 76.5 cm³/mol. The highest BCUT2D eigenvalue weighted by Gasteiger charge is 2.16. The van der Waals surface area contributed by atoms with Crippen molar-refractivity contribution in [1.82, 2.24) is 24.9 Å². The number of nitrogens with zero attached hydrogens (tertiary/aromatic N) is 4. The first kappa shape index (κ1) is 14.6. The fraction of sp³-hybridized carbons (Fsp3) is 0.462. The summed E-state index contributed by atoms with van der Waals surface area (Å²) in [5.74, 6) is -0.0652.